The van der Waals surface area contributed by atoms with Crippen LogP contribution in [-0.4, -0.2) is 0 Å². The van der Waals surface area contributed by atoms with E-state index in [4.69, 9.17) is 4.42 Å². The molecule has 65 heavy (non-hydrogen) atoms. The largest absolute Gasteiger partial charge is 0.454 e. The number of hydrogen-bond acceptors (Lipinski definition) is 2. The van der Waals surface area contributed by atoms with Crippen LogP contribution in [0.15, 0.2) is 253 Å². The number of benzene rings is 11. The van der Waals surface area contributed by atoms with Gasteiger partial charge >= 0.3 is 0 Å². The molecule has 0 spiro atoms. The molecule has 2 heteroatoms. The second-order valence-electron chi connectivity index (χ2n) is 17.2. The van der Waals surface area contributed by atoms with Crippen molar-refractivity contribution in [1.29, 1.82) is 0 Å². The molecule has 1 aromatic heterocycles. The van der Waals surface area contributed by atoms with Gasteiger partial charge in [0.25, 0.3) is 0 Å². The van der Waals surface area contributed by atoms with Gasteiger partial charge in [-0.15, -0.1) is 0 Å². The Kier molecular flexibility index (Phi) is 8.47. The van der Waals surface area contributed by atoms with E-state index in [1.807, 2.05) is 6.07 Å². The molecule has 0 amide bonds. The Hall–Kier alpha value is -8.46. The minimum atomic E-state index is -0.532. The molecule has 0 fully saturated rings. The molecule has 0 unspecified atom stereocenters. The van der Waals surface area contributed by atoms with E-state index in [-0.39, 0.29) is 0 Å². The topological polar surface area (TPSA) is 16.4 Å². The Balaban J connectivity index is 0.974. The van der Waals surface area contributed by atoms with Crippen LogP contribution in [0.3, 0.4) is 0 Å². The first kappa shape index (κ1) is 37.1. The molecule has 1 aliphatic rings. The van der Waals surface area contributed by atoms with Gasteiger partial charge in [-0.1, -0.05) is 194 Å². The van der Waals surface area contributed by atoms with Crippen LogP contribution in [0.2, 0.25) is 0 Å². The fourth-order valence-electron chi connectivity index (χ4n) is 10.7. The van der Waals surface area contributed by atoms with E-state index in [0.29, 0.717) is 0 Å². The van der Waals surface area contributed by atoms with Crippen LogP contribution in [0.5, 0.6) is 0 Å². The van der Waals surface area contributed by atoms with E-state index in [1.165, 1.54) is 71.6 Å². The molecule has 11 aromatic carbocycles. The summed E-state index contributed by atoms with van der Waals surface area (Å²) < 4.78 is 6.79. The number of nitrogens with zero attached hydrogens (tertiary/aromatic N) is 1. The van der Waals surface area contributed by atoms with Gasteiger partial charge in [-0.25, -0.2) is 0 Å². The monoisotopic (exact) mass is 827 g/mol. The van der Waals surface area contributed by atoms with Gasteiger partial charge in [0.15, 0.2) is 5.58 Å². The van der Waals surface area contributed by atoms with E-state index in [2.05, 4.69) is 248 Å². The van der Waals surface area contributed by atoms with Crippen LogP contribution in [0.1, 0.15) is 22.3 Å². The summed E-state index contributed by atoms with van der Waals surface area (Å²) >= 11 is 0. The smallest absolute Gasteiger partial charge is 0.159 e. The second kappa shape index (κ2) is 14.8. The van der Waals surface area contributed by atoms with Crippen LogP contribution in [0.25, 0.3) is 76.9 Å². The zero-order valence-electron chi connectivity index (χ0n) is 35.5. The van der Waals surface area contributed by atoms with Gasteiger partial charge in [0.1, 0.15) is 5.58 Å². The highest BCUT2D eigenvalue weighted by Crippen LogP contribution is 2.57. The van der Waals surface area contributed by atoms with Crippen molar-refractivity contribution in [2.24, 2.45) is 0 Å². The summed E-state index contributed by atoms with van der Waals surface area (Å²) in [6.45, 7) is 0. The lowest BCUT2D eigenvalue weighted by molar-refractivity contribution is 0.669. The molecule has 0 saturated heterocycles. The predicted octanol–water partition coefficient (Wildman–Crippen LogP) is 17.1. The highest BCUT2D eigenvalue weighted by molar-refractivity contribution is 6.10. The number of hydrogen-bond donors (Lipinski definition) is 0. The summed E-state index contributed by atoms with van der Waals surface area (Å²) in [5, 5.41) is 7.15. The fraction of sp³-hybridized carbons (Fsp3) is 0.0159. The first-order valence-electron chi connectivity index (χ1n) is 22.4. The number of para-hydroxylation sites is 2. The van der Waals surface area contributed by atoms with E-state index in [0.717, 1.165) is 44.6 Å². The minimum absolute atomic E-state index is 0.532. The maximum absolute atomic E-state index is 6.79. The van der Waals surface area contributed by atoms with Crippen LogP contribution >= 0.6 is 0 Å². The first-order valence-corrected chi connectivity index (χ1v) is 22.4. The second-order valence-corrected chi connectivity index (χ2v) is 17.2. The summed E-state index contributed by atoms with van der Waals surface area (Å²) in [6.07, 6.45) is 0. The average molecular weight is 828 g/mol. The Morgan fingerprint density at radius 3 is 1.60 bits per heavy atom. The SMILES string of the molecule is c1ccc(C2(c3ccccc3)c3ccccc3-c3ccc(N(c4ccc(-c5ccc6ccc(-c7ccc8ccccc8c7)cc6c5)cc4)c4cccc5c4oc4ccccc45)cc32)cc1. The summed E-state index contributed by atoms with van der Waals surface area (Å²) in [5.74, 6) is 0. The molecule has 2 nitrogen and oxygen atoms in total. The van der Waals surface area contributed by atoms with Crippen molar-refractivity contribution in [3.8, 4) is 33.4 Å². The van der Waals surface area contributed by atoms with Crippen LogP contribution in [-0.2, 0) is 5.41 Å². The van der Waals surface area contributed by atoms with Crippen molar-refractivity contribution in [1.82, 2.24) is 0 Å². The molecule has 13 rings (SSSR count). The summed E-state index contributed by atoms with van der Waals surface area (Å²) in [6, 6.07) is 90.8. The van der Waals surface area contributed by atoms with Gasteiger partial charge in [-0.2, -0.15) is 0 Å². The lowest BCUT2D eigenvalue weighted by Gasteiger charge is -2.35. The highest BCUT2D eigenvalue weighted by Gasteiger charge is 2.46. The van der Waals surface area contributed by atoms with Crippen LogP contribution in [0.4, 0.5) is 17.1 Å². The Bertz CT molecular complexity index is 3730. The van der Waals surface area contributed by atoms with E-state index >= 15 is 0 Å². The van der Waals surface area contributed by atoms with Gasteiger partial charge in [-0.3, -0.25) is 0 Å². The van der Waals surface area contributed by atoms with Crippen molar-refractivity contribution in [2.75, 3.05) is 4.90 Å². The van der Waals surface area contributed by atoms with E-state index < -0.39 is 5.41 Å². The third kappa shape index (κ3) is 5.88. The van der Waals surface area contributed by atoms with Gasteiger partial charge in [0.2, 0.25) is 0 Å². The molecule has 0 N–H and O–H groups in total. The molecule has 304 valence electrons. The van der Waals surface area contributed by atoms with Crippen molar-refractivity contribution < 1.29 is 4.42 Å². The molecule has 0 bridgehead atoms. The summed E-state index contributed by atoms with van der Waals surface area (Å²) in [7, 11) is 0. The molecule has 0 atom stereocenters. The van der Waals surface area contributed by atoms with Crippen molar-refractivity contribution in [2.45, 2.75) is 5.41 Å². The molecule has 1 aliphatic carbocycles. The molecule has 1 heterocycles. The number of rotatable bonds is 7. The summed E-state index contributed by atoms with van der Waals surface area (Å²) in [4.78, 5) is 2.38. The van der Waals surface area contributed by atoms with E-state index in [1.54, 1.807) is 0 Å². The lowest BCUT2D eigenvalue weighted by atomic mass is 9.67. The molecule has 0 radical (unpaired) electrons. The Morgan fingerprint density at radius 1 is 0.323 bits per heavy atom. The standard InChI is InChI=1S/C63H41NO/c1-3-16-50(17-4-1)63(51-18-5-2-6-19-51)58-23-11-9-20-54(58)55-37-36-53(41-59(55)63)64(60-24-13-22-57-56-21-10-12-25-61(56)65-62(57)60)52-34-32-43(33-35-52)46-29-27-44-28-31-48(40-49(44)39-46)47-30-26-42-14-7-8-15-45(42)38-47/h1-41H. The normalized spacial score (nSPS) is 12.7. The summed E-state index contributed by atoms with van der Waals surface area (Å²) in [5.41, 5.74) is 16.6. The Morgan fingerprint density at radius 2 is 0.862 bits per heavy atom. The van der Waals surface area contributed by atoms with Gasteiger partial charge in [0.05, 0.1) is 11.1 Å². The number of anilines is 3. The third-order valence-corrected chi connectivity index (χ3v) is 13.7. The number of fused-ring (bicyclic) bond motifs is 8. The lowest BCUT2D eigenvalue weighted by Crippen LogP contribution is -2.28. The van der Waals surface area contributed by atoms with Crippen molar-refractivity contribution in [3.05, 3.63) is 271 Å². The van der Waals surface area contributed by atoms with E-state index in [9.17, 15) is 0 Å². The maximum atomic E-state index is 6.79. The van der Waals surface area contributed by atoms with Gasteiger partial charge in [0, 0.05) is 22.1 Å². The average Bonchev–Trinajstić information content (AvgIpc) is 3.91. The third-order valence-electron chi connectivity index (χ3n) is 13.7. The van der Waals surface area contributed by atoms with Gasteiger partial charge in [-0.05, 0) is 132 Å². The number of furan rings is 1. The van der Waals surface area contributed by atoms with Crippen molar-refractivity contribution in [3.63, 3.8) is 0 Å². The first-order chi connectivity index (χ1) is 32.2. The van der Waals surface area contributed by atoms with Crippen molar-refractivity contribution >= 4 is 60.5 Å². The van der Waals surface area contributed by atoms with Gasteiger partial charge < -0.3 is 9.32 Å². The zero-order chi connectivity index (χ0) is 42.9. The highest BCUT2D eigenvalue weighted by atomic mass is 16.3. The zero-order valence-corrected chi connectivity index (χ0v) is 35.5. The maximum Gasteiger partial charge on any atom is 0.159 e. The predicted molar refractivity (Wildman–Crippen MR) is 272 cm³/mol. The van der Waals surface area contributed by atoms with Crippen LogP contribution in [0, 0.1) is 0 Å². The Labute approximate surface area is 377 Å². The molecular formula is C63H41NO. The fourth-order valence-corrected chi connectivity index (χ4v) is 10.7. The van der Waals surface area contributed by atoms with Crippen LogP contribution < -0.4 is 4.90 Å². The molecule has 0 saturated carbocycles. The molecular weight excluding hydrogens is 787 g/mol. The minimum Gasteiger partial charge on any atom is -0.454 e. The quantitative estimate of drug-likeness (QED) is 0.159. The molecule has 12 aromatic rings. The molecule has 0 aliphatic heterocycles.